The lowest BCUT2D eigenvalue weighted by atomic mass is 10.6. The minimum absolute atomic E-state index is 0.604. The van der Waals surface area contributed by atoms with Crippen LogP contribution in [0.2, 0.25) is 0 Å². The minimum Gasteiger partial charge on any atom is -0.410 e. The fourth-order valence-electron chi connectivity index (χ4n) is 0.687. The molecule has 0 N–H and O–H groups in total. The van der Waals surface area contributed by atoms with Crippen molar-refractivity contribution in [3.8, 4) is 5.88 Å². The van der Waals surface area contributed by atoms with Gasteiger partial charge in [0.05, 0.1) is 6.20 Å². The monoisotopic (exact) mass is 214 g/mol. The van der Waals surface area contributed by atoms with Crippen LogP contribution in [0.15, 0.2) is 12.1 Å². The number of aromatic nitrogens is 1. The van der Waals surface area contributed by atoms with Gasteiger partial charge in [-0.25, -0.2) is 0 Å². The van der Waals surface area contributed by atoms with Crippen LogP contribution in [-0.4, -0.2) is 16.9 Å². The van der Waals surface area contributed by atoms with Gasteiger partial charge in [0.15, 0.2) is 0 Å². The van der Waals surface area contributed by atoms with Gasteiger partial charge in [-0.2, -0.15) is 22.0 Å². The fraction of sp³-hybridized carbons (Fsp3) is 0.429. The summed E-state index contributed by atoms with van der Waals surface area (Å²) in [5, 5.41) is 0. The normalized spacial score (nSPS) is 13.0. The van der Waals surface area contributed by atoms with Crippen LogP contribution in [0.4, 0.5) is 22.0 Å². The largest absolute Gasteiger partial charge is 0.500 e. The molecule has 0 fully saturated rings. The van der Waals surface area contributed by atoms with Gasteiger partial charge in [0, 0.05) is 13.1 Å². The lowest BCUT2D eigenvalue weighted by Gasteiger charge is -2.19. The second-order valence-corrected chi connectivity index (χ2v) is 2.48. The summed E-state index contributed by atoms with van der Waals surface area (Å²) in [7, 11) is 1.24. The lowest BCUT2D eigenvalue weighted by molar-refractivity contribution is -0.361. The van der Waals surface area contributed by atoms with E-state index in [0.29, 0.717) is 0 Å². The average Bonchev–Trinajstić information content (AvgIpc) is 2.33. The van der Waals surface area contributed by atoms with Crippen LogP contribution < -0.4 is 4.74 Å². The van der Waals surface area contributed by atoms with Gasteiger partial charge in [-0.1, -0.05) is 0 Å². The summed E-state index contributed by atoms with van der Waals surface area (Å²) in [6.07, 6.45) is -8.58. The minimum atomic E-state index is -5.72. The predicted molar refractivity (Wildman–Crippen MR) is 35.9 cm³/mol. The van der Waals surface area contributed by atoms with E-state index in [2.05, 4.69) is 10.9 Å². The first-order chi connectivity index (χ1) is 6.24. The molecule has 0 amide bonds. The van der Waals surface area contributed by atoms with Crippen molar-refractivity contribution in [2.75, 3.05) is 0 Å². The summed E-state index contributed by atoms with van der Waals surface area (Å²) < 4.78 is 64.0. The summed E-state index contributed by atoms with van der Waals surface area (Å²) in [6, 6.07) is 2.13. The van der Waals surface area contributed by atoms with Gasteiger partial charge in [0.1, 0.15) is 0 Å². The molecule has 0 aromatic carbocycles. The number of rotatable bonds is 2. The van der Waals surface area contributed by atoms with Crippen molar-refractivity contribution in [2.24, 2.45) is 7.05 Å². The molecule has 14 heavy (non-hydrogen) atoms. The maximum atomic E-state index is 12.3. The molecule has 7 heteroatoms. The Morgan fingerprint density at radius 1 is 1.29 bits per heavy atom. The van der Waals surface area contributed by atoms with Crippen molar-refractivity contribution in [2.45, 2.75) is 12.3 Å². The van der Waals surface area contributed by atoms with Crippen molar-refractivity contribution in [3.05, 3.63) is 18.3 Å². The van der Waals surface area contributed by atoms with E-state index in [0.717, 1.165) is 10.6 Å². The summed E-state index contributed by atoms with van der Waals surface area (Å²) in [4.78, 5) is 0. The van der Waals surface area contributed by atoms with E-state index in [4.69, 9.17) is 0 Å². The lowest BCUT2D eigenvalue weighted by Crippen LogP contribution is -2.42. The highest BCUT2D eigenvalue weighted by molar-refractivity contribution is 5.12. The molecular formula is C7H5F5NO. The van der Waals surface area contributed by atoms with Gasteiger partial charge in [0.25, 0.3) is 0 Å². The van der Waals surface area contributed by atoms with Gasteiger partial charge < -0.3 is 9.30 Å². The highest BCUT2D eigenvalue weighted by atomic mass is 19.4. The third kappa shape index (κ3) is 1.97. The van der Waals surface area contributed by atoms with Crippen molar-refractivity contribution >= 4 is 0 Å². The Labute approximate surface area is 75.9 Å². The number of aryl methyl sites for hydroxylation is 1. The second kappa shape index (κ2) is 3.14. The molecule has 1 heterocycles. The number of alkyl halides is 5. The average molecular weight is 214 g/mol. The smallest absolute Gasteiger partial charge is 0.410 e. The Hall–Kier alpha value is -1.27. The molecule has 2 nitrogen and oxygen atoms in total. The highest BCUT2D eigenvalue weighted by Crippen LogP contribution is 2.36. The van der Waals surface area contributed by atoms with Crippen LogP contribution in [0.5, 0.6) is 5.88 Å². The summed E-state index contributed by atoms with van der Waals surface area (Å²) in [6.45, 7) is 0. The van der Waals surface area contributed by atoms with E-state index in [1.54, 1.807) is 0 Å². The van der Waals surface area contributed by atoms with Crippen LogP contribution >= 0.6 is 0 Å². The molecule has 0 atom stereocenters. The third-order valence-electron chi connectivity index (χ3n) is 1.39. The maximum Gasteiger partial charge on any atom is 0.500 e. The van der Waals surface area contributed by atoms with Crippen molar-refractivity contribution < 1.29 is 26.7 Å². The van der Waals surface area contributed by atoms with Gasteiger partial charge in [-0.15, -0.1) is 0 Å². The van der Waals surface area contributed by atoms with E-state index in [9.17, 15) is 22.0 Å². The van der Waals surface area contributed by atoms with E-state index >= 15 is 0 Å². The molecule has 0 spiro atoms. The van der Waals surface area contributed by atoms with Crippen LogP contribution in [-0.2, 0) is 7.05 Å². The topological polar surface area (TPSA) is 14.2 Å². The van der Waals surface area contributed by atoms with Gasteiger partial charge in [-0.05, 0) is 6.07 Å². The van der Waals surface area contributed by atoms with E-state index < -0.39 is 18.2 Å². The SMILES string of the molecule is Cn1[c]ccc1OC(F)(F)C(F)(F)F. The number of hydrogen-bond donors (Lipinski definition) is 0. The molecule has 0 aliphatic carbocycles. The highest BCUT2D eigenvalue weighted by Gasteiger charge is 2.61. The van der Waals surface area contributed by atoms with E-state index in [1.807, 2.05) is 0 Å². The van der Waals surface area contributed by atoms with Gasteiger partial charge >= 0.3 is 12.3 Å². The van der Waals surface area contributed by atoms with Gasteiger partial charge in [-0.3, -0.25) is 0 Å². The summed E-state index contributed by atoms with van der Waals surface area (Å²) >= 11 is 0. The second-order valence-electron chi connectivity index (χ2n) is 2.48. The van der Waals surface area contributed by atoms with Crippen LogP contribution in [0.1, 0.15) is 0 Å². The van der Waals surface area contributed by atoms with Crippen molar-refractivity contribution in [1.82, 2.24) is 4.57 Å². The summed E-state index contributed by atoms with van der Waals surface area (Å²) in [5.74, 6) is -0.604. The van der Waals surface area contributed by atoms with E-state index in [-0.39, 0.29) is 0 Å². The Morgan fingerprint density at radius 3 is 2.21 bits per heavy atom. The number of ether oxygens (including phenoxy) is 1. The molecule has 0 saturated heterocycles. The number of nitrogens with zero attached hydrogens (tertiary/aromatic N) is 1. The molecule has 0 saturated carbocycles. The Bertz CT molecular complexity index is 316. The molecule has 1 aromatic rings. The number of halogens is 5. The summed E-state index contributed by atoms with van der Waals surface area (Å²) in [5.41, 5.74) is 0. The molecular weight excluding hydrogens is 209 g/mol. The zero-order chi connectivity index (χ0) is 11.0. The Kier molecular flexibility index (Phi) is 2.43. The zero-order valence-corrected chi connectivity index (χ0v) is 6.90. The van der Waals surface area contributed by atoms with E-state index in [1.165, 1.54) is 13.1 Å². The molecule has 0 aliphatic heterocycles. The van der Waals surface area contributed by atoms with Crippen LogP contribution in [0.25, 0.3) is 0 Å². The zero-order valence-electron chi connectivity index (χ0n) is 6.90. The van der Waals surface area contributed by atoms with Crippen molar-refractivity contribution in [3.63, 3.8) is 0 Å². The first-order valence-electron chi connectivity index (χ1n) is 3.41. The molecule has 1 aromatic heterocycles. The van der Waals surface area contributed by atoms with Gasteiger partial charge in [0.2, 0.25) is 5.88 Å². The predicted octanol–water partition coefficient (Wildman–Crippen LogP) is 2.36. The number of hydrogen-bond acceptors (Lipinski definition) is 1. The molecule has 1 rings (SSSR count). The molecule has 0 aliphatic rings. The Morgan fingerprint density at radius 2 is 1.86 bits per heavy atom. The first-order valence-corrected chi connectivity index (χ1v) is 3.41. The fourth-order valence-corrected chi connectivity index (χ4v) is 0.687. The first kappa shape index (κ1) is 10.8. The molecule has 79 valence electrons. The van der Waals surface area contributed by atoms with Crippen LogP contribution in [0.3, 0.4) is 0 Å². The molecule has 0 unspecified atom stereocenters. The Balaban J connectivity index is 2.84. The van der Waals surface area contributed by atoms with Crippen LogP contribution in [0, 0.1) is 6.20 Å². The quantitative estimate of drug-likeness (QED) is 0.689. The standard InChI is InChI=1S/C7H5F5NO/c1-13-4-2-3-5(13)14-7(11,12)6(8,9)10/h2-3H,1H3. The molecule has 0 bridgehead atoms. The van der Waals surface area contributed by atoms with Crippen molar-refractivity contribution in [1.29, 1.82) is 0 Å². The maximum absolute atomic E-state index is 12.3. The third-order valence-corrected chi connectivity index (χ3v) is 1.39. The molecule has 1 radical (unpaired) electrons.